The van der Waals surface area contributed by atoms with Crippen LogP contribution in [-0.4, -0.2) is 27.8 Å². The van der Waals surface area contributed by atoms with E-state index in [2.05, 4.69) is 27.4 Å². The van der Waals surface area contributed by atoms with Crippen molar-refractivity contribution in [3.63, 3.8) is 0 Å². The summed E-state index contributed by atoms with van der Waals surface area (Å²) < 4.78 is 0. The summed E-state index contributed by atoms with van der Waals surface area (Å²) in [5, 5.41) is 10.6. The lowest BCUT2D eigenvalue weighted by Gasteiger charge is -2.26. The van der Waals surface area contributed by atoms with Crippen molar-refractivity contribution in [1.82, 2.24) is 20.5 Å². The number of rotatable bonds is 4. The highest BCUT2D eigenvalue weighted by Gasteiger charge is 2.17. The van der Waals surface area contributed by atoms with Crippen molar-refractivity contribution in [2.45, 2.75) is 52.0 Å². The highest BCUT2D eigenvalue weighted by atomic mass is 15.2. The molecule has 0 bridgehead atoms. The summed E-state index contributed by atoms with van der Waals surface area (Å²) in [4.78, 5) is 4.30. The largest absolute Gasteiger partial charge is 0.314 e. The zero-order chi connectivity index (χ0) is 11.4. The Balaban J connectivity index is 1.64. The SMILES string of the molecule is Cc1nc(CCNC2CCC(C)CC2)n[nH]1. The third-order valence-corrected chi connectivity index (χ3v) is 3.44. The molecule has 1 fully saturated rings. The molecule has 1 aromatic rings. The van der Waals surface area contributed by atoms with Gasteiger partial charge in [0.2, 0.25) is 0 Å². The predicted molar refractivity (Wildman–Crippen MR) is 64.2 cm³/mol. The zero-order valence-corrected chi connectivity index (χ0v) is 10.3. The van der Waals surface area contributed by atoms with Crippen molar-refractivity contribution in [3.8, 4) is 0 Å². The topological polar surface area (TPSA) is 53.6 Å². The molecule has 4 nitrogen and oxygen atoms in total. The van der Waals surface area contributed by atoms with Gasteiger partial charge in [-0.05, 0) is 38.5 Å². The molecule has 1 aromatic heterocycles. The standard InChI is InChI=1S/C12H22N4/c1-9-3-5-11(6-4-9)13-8-7-12-14-10(2)15-16-12/h9,11,13H,3-8H2,1-2H3,(H,14,15,16). The molecule has 0 amide bonds. The molecule has 0 aromatic carbocycles. The summed E-state index contributed by atoms with van der Waals surface area (Å²) in [6.45, 7) is 5.29. The van der Waals surface area contributed by atoms with Crippen LogP contribution in [0.2, 0.25) is 0 Å². The Morgan fingerprint density at radius 2 is 2.06 bits per heavy atom. The van der Waals surface area contributed by atoms with E-state index < -0.39 is 0 Å². The Morgan fingerprint density at radius 3 is 2.69 bits per heavy atom. The lowest BCUT2D eigenvalue weighted by Crippen LogP contribution is -2.34. The smallest absolute Gasteiger partial charge is 0.151 e. The van der Waals surface area contributed by atoms with Gasteiger partial charge in [-0.2, -0.15) is 5.10 Å². The number of nitrogens with zero attached hydrogens (tertiary/aromatic N) is 2. The number of nitrogens with one attached hydrogen (secondary N) is 2. The fraction of sp³-hybridized carbons (Fsp3) is 0.833. The van der Waals surface area contributed by atoms with Crippen molar-refractivity contribution in [1.29, 1.82) is 0 Å². The average molecular weight is 222 g/mol. The first-order valence-corrected chi connectivity index (χ1v) is 6.35. The second kappa shape index (κ2) is 5.43. The van der Waals surface area contributed by atoms with Crippen LogP contribution in [0.4, 0.5) is 0 Å². The van der Waals surface area contributed by atoms with Gasteiger partial charge in [-0.25, -0.2) is 4.98 Å². The molecule has 1 saturated carbocycles. The van der Waals surface area contributed by atoms with Crippen LogP contribution < -0.4 is 5.32 Å². The number of aromatic amines is 1. The molecule has 0 radical (unpaired) electrons. The van der Waals surface area contributed by atoms with Gasteiger partial charge in [0, 0.05) is 19.0 Å². The first-order valence-electron chi connectivity index (χ1n) is 6.35. The van der Waals surface area contributed by atoms with Gasteiger partial charge in [-0.1, -0.05) is 6.92 Å². The third-order valence-electron chi connectivity index (χ3n) is 3.44. The Labute approximate surface area is 97.2 Å². The average Bonchev–Trinajstić information content (AvgIpc) is 2.67. The highest BCUT2D eigenvalue weighted by Crippen LogP contribution is 2.23. The Kier molecular flexibility index (Phi) is 3.93. The molecule has 0 aliphatic heterocycles. The lowest BCUT2D eigenvalue weighted by molar-refractivity contribution is 0.308. The minimum absolute atomic E-state index is 0.719. The fourth-order valence-electron chi connectivity index (χ4n) is 2.35. The summed E-state index contributed by atoms with van der Waals surface area (Å²) in [7, 11) is 0. The molecule has 1 aliphatic rings. The molecule has 1 aliphatic carbocycles. The second-order valence-electron chi connectivity index (χ2n) is 5.00. The van der Waals surface area contributed by atoms with Crippen molar-refractivity contribution in [2.24, 2.45) is 5.92 Å². The molecule has 0 saturated heterocycles. The Bertz CT molecular complexity index is 313. The summed E-state index contributed by atoms with van der Waals surface area (Å²) >= 11 is 0. The van der Waals surface area contributed by atoms with Crippen LogP contribution in [0.15, 0.2) is 0 Å². The zero-order valence-electron chi connectivity index (χ0n) is 10.3. The normalized spacial score (nSPS) is 25.9. The number of H-pyrrole nitrogens is 1. The molecule has 0 unspecified atom stereocenters. The summed E-state index contributed by atoms with van der Waals surface area (Å²) in [6, 6.07) is 0.719. The van der Waals surface area contributed by atoms with Crippen molar-refractivity contribution in [3.05, 3.63) is 11.6 Å². The van der Waals surface area contributed by atoms with E-state index in [4.69, 9.17) is 0 Å². The summed E-state index contributed by atoms with van der Waals surface area (Å²) in [6.07, 6.45) is 6.33. The maximum absolute atomic E-state index is 4.30. The number of aryl methyl sites for hydroxylation is 1. The van der Waals surface area contributed by atoms with E-state index in [1.807, 2.05) is 6.92 Å². The van der Waals surface area contributed by atoms with Gasteiger partial charge >= 0.3 is 0 Å². The van der Waals surface area contributed by atoms with E-state index in [-0.39, 0.29) is 0 Å². The molecular formula is C12H22N4. The summed E-state index contributed by atoms with van der Waals surface area (Å²) in [5.74, 6) is 2.75. The van der Waals surface area contributed by atoms with Crippen LogP contribution in [-0.2, 0) is 6.42 Å². The molecule has 0 atom stereocenters. The van der Waals surface area contributed by atoms with Crippen LogP contribution in [0, 0.1) is 12.8 Å². The Hall–Kier alpha value is -0.900. The van der Waals surface area contributed by atoms with Gasteiger partial charge in [-0.3, -0.25) is 5.10 Å². The van der Waals surface area contributed by atoms with E-state index in [9.17, 15) is 0 Å². The van der Waals surface area contributed by atoms with Crippen LogP contribution >= 0.6 is 0 Å². The molecule has 2 rings (SSSR count). The van der Waals surface area contributed by atoms with E-state index in [0.29, 0.717) is 0 Å². The molecular weight excluding hydrogens is 200 g/mol. The highest BCUT2D eigenvalue weighted by molar-refractivity contribution is 4.88. The molecule has 2 N–H and O–H groups in total. The van der Waals surface area contributed by atoms with Gasteiger partial charge in [0.15, 0.2) is 5.82 Å². The van der Waals surface area contributed by atoms with Crippen LogP contribution in [0.3, 0.4) is 0 Å². The number of aromatic nitrogens is 3. The monoisotopic (exact) mass is 222 g/mol. The summed E-state index contributed by atoms with van der Waals surface area (Å²) in [5.41, 5.74) is 0. The molecule has 4 heteroatoms. The van der Waals surface area contributed by atoms with E-state index in [0.717, 1.165) is 36.6 Å². The van der Waals surface area contributed by atoms with Gasteiger partial charge in [0.25, 0.3) is 0 Å². The molecule has 16 heavy (non-hydrogen) atoms. The Morgan fingerprint density at radius 1 is 1.31 bits per heavy atom. The first kappa shape index (κ1) is 11.6. The fourth-order valence-corrected chi connectivity index (χ4v) is 2.35. The molecule has 0 spiro atoms. The van der Waals surface area contributed by atoms with Crippen LogP contribution in [0.5, 0.6) is 0 Å². The minimum atomic E-state index is 0.719. The minimum Gasteiger partial charge on any atom is -0.314 e. The molecule has 1 heterocycles. The maximum atomic E-state index is 4.30. The van der Waals surface area contributed by atoms with Gasteiger partial charge in [0.05, 0.1) is 0 Å². The van der Waals surface area contributed by atoms with Crippen molar-refractivity contribution >= 4 is 0 Å². The maximum Gasteiger partial charge on any atom is 0.151 e. The van der Waals surface area contributed by atoms with Gasteiger partial charge < -0.3 is 5.32 Å². The van der Waals surface area contributed by atoms with E-state index >= 15 is 0 Å². The first-order chi connectivity index (χ1) is 7.74. The van der Waals surface area contributed by atoms with Gasteiger partial charge in [-0.15, -0.1) is 0 Å². The lowest BCUT2D eigenvalue weighted by atomic mass is 9.87. The molecule has 90 valence electrons. The number of hydrogen-bond acceptors (Lipinski definition) is 3. The van der Waals surface area contributed by atoms with Crippen molar-refractivity contribution in [2.75, 3.05) is 6.54 Å². The van der Waals surface area contributed by atoms with E-state index in [1.165, 1.54) is 25.7 Å². The van der Waals surface area contributed by atoms with Crippen molar-refractivity contribution < 1.29 is 0 Å². The quantitative estimate of drug-likeness (QED) is 0.817. The number of hydrogen-bond donors (Lipinski definition) is 2. The second-order valence-corrected chi connectivity index (χ2v) is 5.00. The predicted octanol–water partition coefficient (Wildman–Crippen LogP) is 1.82. The van der Waals surface area contributed by atoms with Crippen LogP contribution in [0.1, 0.15) is 44.3 Å². The van der Waals surface area contributed by atoms with Gasteiger partial charge in [0.1, 0.15) is 5.82 Å². The third kappa shape index (κ3) is 3.30. The van der Waals surface area contributed by atoms with E-state index in [1.54, 1.807) is 0 Å². The van der Waals surface area contributed by atoms with Crippen LogP contribution in [0.25, 0.3) is 0 Å².